The van der Waals surface area contributed by atoms with Gasteiger partial charge in [-0.25, -0.2) is 0 Å². The highest BCUT2D eigenvalue weighted by atomic mass is 32.2. The van der Waals surface area contributed by atoms with Gasteiger partial charge in [0.15, 0.2) is 0 Å². The van der Waals surface area contributed by atoms with Crippen molar-refractivity contribution in [2.24, 2.45) is 5.92 Å². The normalized spacial score (nSPS) is 21.1. The van der Waals surface area contributed by atoms with Crippen molar-refractivity contribution in [2.75, 3.05) is 18.2 Å². The highest BCUT2D eigenvalue weighted by molar-refractivity contribution is 7.99. The molecule has 96 valence electrons. The molecule has 1 fully saturated rings. The molecule has 0 radical (unpaired) electrons. The Hall–Kier alpha value is -1.24. The predicted molar refractivity (Wildman–Crippen MR) is 63.4 cm³/mol. The lowest BCUT2D eigenvalue weighted by molar-refractivity contribution is -0.141. The van der Waals surface area contributed by atoms with Gasteiger partial charge in [0.25, 0.3) is 0 Å². The van der Waals surface area contributed by atoms with Gasteiger partial charge in [-0.3, -0.25) is 14.4 Å². The number of thioether (sulfide) groups is 1. The van der Waals surface area contributed by atoms with Crippen LogP contribution in [0.5, 0.6) is 0 Å². The number of nitrogens with one attached hydrogen (secondary N) is 1. The van der Waals surface area contributed by atoms with Crippen molar-refractivity contribution in [1.82, 2.24) is 10.2 Å². The molecule has 0 aromatic heterocycles. The standard InChI is InChI=1S/C10H16N2O4S/c1-6(10(15)16)3-11-9(14)8-4-17-5-12(8)7(2)13/h6,8H,3-5H2,1-2H3,(H,11,14)(H,15,16). The maximum Gasteiger partial charge on any atom is 0.308 e. The summed E-state index contributed by atoms with van der Waals surface area (Å²) in [7, 11) is 0. The largest absolute Gasteiger partial charge is 0.481 e. The van der Waals surface area contributed by atoms with E-state index >= 15 is 0 Å². The molecule has 0 bridgehead atoms. The number of carbonyl (C=O) groups excluding carboxylic acids is 2. The van der Waals surface area contributed by atoms with Crippen molar-refractivity contribution >= 4 is 29.5 Å². The summed E-state index contributed by atoms with van der Waals surface area (Å²) in [6.45, 7) is 3.03. The summed E-state index contributed by atoms with van der Waals surface area (Å²) in [5.74, 6) is -0.914. The number of rotatable bonds is 4. The Labute approximate surface area is 104 Å². The molecule has 0 aliphatic carbocycles. The van der Waals surface area contributed by atoms with Crippen LogP contribution in [0.4, 0.5) is 0 Å². The van der Waals surface area contributed by atoms with Crippen LogP contribution in [0.1, 0.15) is 13.8 Å². The molecular formula is C10H16N2O4S. The van der Waals surface area contributed by atoms with Crippen LogP contribution in [0.25, 0.3) is 0 Å². The number of carboxylic acids is 1. The molecule has 1 heterocycles. The van der Waals surface area contributed by atoms with Crippen molar-refractivity contribution in [3.63, 3.8) is 0 Å². The number of amides is 2. The fraction of sp³-hybridized carbons (Fsp3) is 0.700. The predicted octanol–water partition coefficient (Wildman–Crippen LogP) is -0.255. The Morgan fingerprint density at radius 1 is 1.53 bits per heavy atom. The first-order chi connectivity index (χ1) is 7.93. The molecule has 1 aliphatic heterocycles. The van der Waals surface area contributed by atoms with Crippen LogP contribution in [-0.4, -0.2) is 52.0 Å². The summed E-state index contributed by atoms with van der Waals surface area (Å²) in [4.78, 5) is 35.1. The van der Waals surface area contributed by atoms with E-state index in [2.05, 4.69) is 5.32 Å². The van der Waals surface area contributed by atoms with Crippen LogP contribution < -0.4 is 5.32 Å². The van der Waals surface area contributed by atoms with Gasteiger partial charge in [-0.05, 0) is 0 Å². The van der Waals surface area contributed by atoms with E-state index in [-0.39, 0.29) is 18.4 Å². The van der Waals surface area contributed by atoms with Crippen molar-refractivity contribution in [3.05, 3.63) is 0 Å². The summed E-state index contributed by atoms with van der Waals surface area (Å²) >= 11 is 1.52. The molecule has 0 aromatic rings. The van der Waals surface area contributed by atoms with Crippen LogP contribution in [0, 0.1) is 5.92 Å². The van der Waals surface area contributed by atoms with Gasteiger partial charge in [0, 0.05) is 19.2 Å². The first-order valence-corrected chi connectivity index (χ1v) is 6.44. The van der Waals surface area contributed by atoms with Crippen LogP contribution in [0.3, 0.4) is 0 Å². The molecule has 1 aliphatic rings. The zero-order valence-electron chi connectivity index (χ0n) is 9.80. The summed E-state index contributed by atoms with van der Waals surface area (Å²) in [5.41, 5.74) is 0. The van der Waals surface area contributed by atoms with Gasteiger partial charge in [0.2, 0.25) is 11.8 Å². The lowest BCUT2D eigenvalue weighted by Crippen LogP contribution is -2.47. The van der Waals surface area contributed by atoms with Crippen LogP contribution in [0.2, 0.25) is 0 Å². The molecule has 1 saturated heterocycles. The molecule has 0 saturated carbocycles. The minimum atomic E-state index is -0.950. The maximum atomic E-state index is 11.8. The second kappa shape index (κ2) is 5.90. The van der Waals surface area contributed by atoms with Crippen molar-refractivity contribution in [3.8, 4) is 0 Å². The monoisotopic (exact) mass is 260 g/mol. The van der Waals surface area contributed by atoms with Gasteiger partial charge in [0.05, 0.1) is 11.8 Å². The van der Waals surface area contributed by atoms with E-state index in [1.807, 2.05) is 0 Å². The Kier molecular flexibility index (Phi) is 4.80. The number of nitrogens with zero attached hydrogens (tertiary/aromatic N) is 1. The summed E-state index contributed by atoms with van der Waals surface area (Å²) in [5, 5.41) is 11.2. The summed E-state index contributed by atoms with van der Waals surface area (Å²) in [6, 6.07) is -0.474. The number of hydrogen-bond acceptors (Lipinski definition) is 4. The third kappa shape index (κ3) is 3.62. The van der Waals surface area contributed by atoms with E-state index in [9.17, 15) is 14.4 Å². The van der Waals surface area contributed by atoms with Gasteiger partial charge < -0.3 is 15.3 Å². The van der Waals surface area contributed by atoms with Crippen LogP contribution in [0.15, 0.2) is 0 Å². The van der Waals surface area contributed by atoms with Gasteiger partial charge in [-0.15, -0.1) is 11.8 Å². The highest BCUT2D eigenvalue weighted by Gasteiger charge is 2.32. The van der Waals surface area contributed by atoms with E-state index in [0.717, 1.165) is 0 Å². The van der Waals surface area contributed by atoms with Crippen LogP contribution >= 0.6 is 11.8 Å². The van der Waals surface area contributed by atoms with E-state index in [0.29, 0.717) is 11.6 Å². The number of aliphatic carboxylic acids is 1. The zero-order chi connectivity index (χ0) is 13.0. The molecule has 2 amide bonds. The topological polar surface area (TPSA) is 86.7 Å². The van der Waals surface area contributed by atoms with Crippen molar-refractivity contribution in [1.29, 1.82) is 0 Å². The fourth-order valence-corrected chi connectivity index (χ4v) is 2.65. The zero-order valence-corrected chi connectivity index (χ0v) is 10.6. The van der Waals surface area contributed by atoms with Crippen molar-refractivity contribution < 1.29 is 19.5 Å². The van der Waals surface area contributed by atoms with Crippen molar-refractivity contribution in [2.45, 2.75) is 19.9 Å². The SMILES string of the molecule is CC(=O)N1CSCC1C(=O)NCC(C)C(=O)O. The Morgan fingerprint density at radius 3 is 2.71 bits per heavy atom. The lowest BCUT2D eigenvalue weighted by atomic mass is 10.2. The second-order valence-corrected chi connectivity index (χ2v) is 4.99. The Balaban J connectivity index is 2.47. The number of hydrogen-bond donors (Lipinski definition) is 2. The number of carbonyl (C=O) groups is 3. The molecular weight excluding hydrogens is 244 g/mol. The van der Waals surface area contributed by atoms with Gasteiger partial charge in [-0.1, -0.05) is 6.92 Å². The quantitative estimate of drug-likeness (QED) is 0.727. The smallest absolute Gasteiger partial charge is 0.308 e. The van der Waals surface area contributed by atoms with Gasteiger partial charge in [0.1, 0.15) is 6.04 Å². The molecule has 7 heteroatoms. The third-order valence-electron chi connectivity index (χ3n) is 2.59. The summed E-state index contributed by atoms with van der Waals surface area (Å²) in [6.07, 6.45) is 0. The molecule has 0 aromatic carbocycles. The maximum absolute atomic E-state index is 11.8. The highest BCUT2D eigenvalue weighted by Crippen LogP contribution is 2.20. The molecule has 2 unspecified atom stereocenters. The third-order valence-corrected chi connectivity index (χ3v) is 3.61. The molecule has 1 rings (SSSR count). The van der Waals surface area contributed by atoms with E-state index < -0.39 is 17.9 Å². The summed E-state index contributed by atoms with van der Waals surface area (Å²) < 4.78 is 0. The minimum absolute atomic E-state index is 0.0844. The molecule has 6 nitrogen and oxygen atoms in total. The van der Waals surface area contributed by atoms with E-state index in [1.165, 1.54) is 30.5 Å². The number of carboxylic acid groups (broad SMARTS) is 1. The molecule has 17 heavy (non-hydrogen) atoms. The molecule has 2 atom stereocenters. The Bertz CT molecular complexity index is 334. The first-order valence-electron chi connectivity index (χ1n) is 5.29. The lowest BCUT2D eigenvalue weighted by Gasteiger charge is -2.21. The average Bonchev–Trinajstić information content (AvgIpc) is 2.73. The van der Waals surface area contributed by atoms with E-state index in [1.54, 1.807) is 0 Å². The minimum Gasteiger partial charge on any atom is -0.481 e. The molecule has 0 spiro atoms. The fourth-order valence-electron chi connectivity index (χ4n) is 1.43. The van der Waals surface area contributed by atoms with Gasteiger partial charge >= 0.3 is 5.97 Å². The van der Waals surface area contributed by atoms with E-state index in [4.69, 9.17) is 5.11 Å². The first kappa shape index (κ1) is 13.8. The van der Waals surface area contributed by atoms with Gasteiger partial charge in [-0.2, -0.15) is 0 Å². The average molecular weight is 260 g/mol. The van der Waals surface area contributed by atoms with Crippen LogP contribution in [-0.2, 0) is 14.4 Å². The molecule has 2 N–H and O–H groups in total. The second-order valence-electron chi connectivity index (χ2n) is 3.99. The Morgan fingerprint density at radius 2 is 2.18 bits per heavy atom.